The maximum atomic E-state index is 8.09. The Morgan fingerprint density at radius 2 is 0.900 bits per heavy atom. The Hall–Kier alpha value is -0.975. The standard InChI is InChI=1S/C4BN4.Na/c6-1-5(2-7,3-8)4-9;/q-1;+1. The molecule has 10 heavy (non-hydrogen) atoms. The van der Waals surface area contributed by atoms with Crippen molar-refractivity contribution < 1.29 is 29.6 Å². The summed E-state index contributed by atoms with van der Waals surface area (Å²) in [5, 5.41) is 32.3. The number of nitriles is 4. The van der Waals surface area contributed by atoms with Gasteiger partial charge in [0.1, 0.15) is 0 Å². The predicted molar refractivity (Wildman–Crippen MR) is 28.2 cm³/mol. The summed E-state index contributed by atoms with van der Waals surface area (Å²) in [6.07, 6.45) is -2.72. The van der Waals surface area contributed by atoms with Gasteiger partial charge in [0.05, 0.1) is 0 Å². The molecule has 0 aliphatic carbocycles. The molecule has 0 radical (unpaired) electrons. The van der Waals surface area contributed by atoms with E-state index in [-0.39, 0.29) is 29.6 Å². The summed E-state index contributed by atoms with van der Waals surface area (Å²) >= 11 is 0. The Bertz CT molecular complexity index is 210. The topological polar surface area (TPSA) is 95.2 Å². The van der Waals surface area contributed by atoms with Gasteiger partial charge in [0.15, 0.2) is 0 Å². The van der Waals surface area contributed by atoms with Crippen LogP contribution < -0.4 is 29.6 Å². The number of hydrogen-bond acceptors (Lipinski definition) is 4. The van der Waals surface area contributed by atoms with E-state index in [1.807, 2.05) is 0 Å². The molecule has 0 aromatic rings. The van der Waals surface area contributed by atoms with Crippen LogP contribution in [0.5, 0.6) is 0 Å². The molecule has 0 aromatic heterocycles. The van der Waals surface area contributed by atoms with Crippen LogP contribution in [-0.2, 0) is 0 Å². The second kappa shape index (κ2) is 4.86. The summed E-state index contributed by atoms with van der Waals surface area (Å²) in [6.45, 7) is 0. The molecular formula is C4BN4Na. The molecule has 0 heterocycles. The van der Waals surface area contributed by atoms with Crippen LogP contribution in [-0.4, -0.2) is 6.15 Å². The Kier molecular flexibility index (Phi) is 5.73. The van der Waals surface area contributed by atoms with E-state index in [1.54, 1.807) is 0 Å². The van der Waals surface area contributed by atoms with Crippen LogP contribution in [0.3, 0.4) is 0 Å². The quantitative estimate of drug-likeness (QED) is 0.327. The van der Waals surface area contributed by atoms with E-state index >= 15 is 0 Å². The number of nitrogens with zero attached hydrogens (tertiary/aromatic N) is 4. The van der Waals surface area contributed by atoms with E-state index in [2.05, 4.69) is 0 Å². The van der Waals surface area contributed by atoms with Crippen molar-refractivity contribution in [3.63, 3.8) is 0 Å². The van der Waals surface area contributed by atoms with Crippen LogP contribution in [0, 0.1) is 44.9 Å². The minimum absolute atomic E-state index is 0. The molecular weight excluding hydrogens is 138 g/mol. The molecule has 0 aromatic carbocycles. The van der Waals surface area contributed by atoms with Crippen LogP contribution in [0.15, 0.2) is 0 Å². The van der Waals surface area contributed by atoms with Crippen molar-refractivity contribution in [3.8, 4) is 23.9 Å². The van der Waals surface area contributed by atoms with E-state index in [4.69, 9.17) is 21.0 Å². The molecule has 0 atom stereocenters. The molecule has 0 N–H and O–H groups in total. The molecule has 6 heteroatoms. The van der Waals surface area contributed by atoms with Crippen LogP contribution in [0.25, 0.3) is 0 Å². The van der Waals surface area contributed by atoms with Crippen LogP contribution >= 0.6 is 0 Å². The Morgan fingerprint density at radius 3 is 0.900 bits per heavy atom. The maximum Gasteiger partial charge on any atom is 1.00 e. The largest absolute Gasteiger partial charge is 1.00 e. The Labute approximate surface area is 80.5 Å². The Morgan fingerprint density at radius 1 is 0.700 bits per heavy atom. The summed E-state index contributed by atoms with van der Waals surface area (Å²) in [5.74, 6) is 5.38. The third kappa shape index (κ3) is 2.10. The van der Waals surface area contributed by atoms with Gasteiger partial charge in [0.2, 0.25) is 0 Å². The van der Waals surface area contributed by atoms with Crippen LogP contribution in [0.1, 0.15) is 0 Å². The second-order valence-corrected chi connectivity index (χ2v) is 1.38. The van der Waals surface area contributed by atoms with Crippen LogP contribution in [0.2, 0.25) is 0 Å². The van der Waals surface area contributed by atoms with Crippen molar-refractivity contribution >= 4 is 6.15 Å². The summed E-state index contributed by atoms with van der Waals surface area (Å²) in [4.78, 5) is 0. The fourth-order valence-corrected chi connectivity index (χ4v) is 0.173. The minimum Gasteiger partial charge on any atom is -0.245 e. The molecule has 0 saturated heterocycles. The summed E-state index contributed by atoms with van der Waals surface area (Å²) < 4.78 is 0. The summed E-state index contributed by atoms with van der Waals surface area (Å²) in [7, 11) is 0. The SMILES string of the molecule is N#C[B-](C#N)(C#N)C#N.[Na+]. The molecule has 0 aliphatic heterocycles. The van der Waals surface area contributed by atoms with Crippen molar-refractivity contribution in [2.24, 2.45) is 0 Å². The van der Waals surface area contributed by atoms with Crippen molar-refractivity contribution in [2.75, 3.05) is 0 Å². The molecule has 0 aliphatic rings. The number of rotatable bonds is 0. The van der Waals surface area contributed by atoms with Gasteiger partial charge in [-0.15, -0.1) is 23.9 Å². The van der Waals surface area contributed by atoms with Gasteiger partial charge in [-0.25, -0.2) is 21.0 Å². The fraction of sp³-hybridized carbons (Fsp3) is 0. The average molecular weight is 138 g/mol. The van der Waals surface area contributed by atoms with Crippen molar-refractivity contribution in [1.29, 1.82) is 21.0 Å². The van der Waals surface area contributed by atoms with E-state index < -0.39 is 6.15 Å². The first-order chi connectivity index (χ1) is 4.24. The normalized spacial score (nSPS) is 6.80. The molecule has 0 unspecified atom stereocenters. The zero-order chi connectivity index (χ0) is 7.33. The molecule has 0 amide bonds. The summed E-state index contributed by atoms with van der Waals surface area (Å²) in [5.41, 5.74) is 0. The first-order valence-electron chi connectivity index (χ1n) is 2.05. The van der Waals surface area contributed by atoms with Gasteiger partial charge in [-0.2, -0.15) is 0 Å². The van der Waals surface area contributed by atoms with Crippen molar-refractivity contribution in [1.82, 2.24) is 0 Å². The number of hydrogen-bond donors (Lipinski definition) is 0. The van der Waals surface area contributed by atoms with Gasteiger partial charge in [0.25, 0.3) is 0 Å². The van der Waals surface area contributed by atoms with E-state index in [9.17, 15) is 0 Å². The molecule has 0 spiro atoms. The van der Waals surface area contributed by atoms with Gasteiger partial charge in [-0.05, 0) is 0 Å². The van der Waals surface area contributed by atoms with Gasteiger partial charge < -0.3 is 0 Å². The third-order valence-corrected chi connectivity index (χ3v) is 0.775. The zero-order valence-corrected chi connectivity index (χ0v) is 7.37. The summed E-state index contributed by atoms with van der Waals surface area (Å²) in [6, 6.07) is 0. The Balaban J connectivity index is 0. The van der Waals surface area contributed by atoms with Crippen molar-refractivity contribution in [3.05, 3.63) is 0 Å². The van der Waals surface area contributed by atoms with E-state index in [1.165, 1.54) is 23.9 Å². The second-order valence-electron chi connectivity index (χ2n) is 1.38. The van der Waals surface area contributed by atoms with Gasteiger partial charge in [0, 0.05) is 0 Å². The molecule has 0 bridgehead atoms. The van der Waals surface area contributed by atoms with Gasteiger partial charge in [-0.1, -0.05) is 0 Å². The maximum absolute atomic E-state index is 8.09. The molecule has 0 rings (SSSR count). The average Bonchev–Trinajstić information content (AvgIpc) is 1.95. The van der Waals surface area contributed by atoms with Crippen LogP contribution in [0.4, 0.5) is 0 Å². The molecule has 0 fully saturated rings. The van der Waals surface area contributed by atoms with E-state index in [0.29, 0.717) is 0 Å². The predicted octanol–water partition coefficient (Wildman–Crippen LogP) is -3.31. The van der Waals surface area contributed by atoms with E-state index in [0.717, 1.165) is 0 Å². The first-order valence-corrected chi connectivity index (χ1v) is 2.05. The molecule has 4 nitrogen and oxygen atoms in total. The molecule has 40 valence electrons. The minimum atomic E-state index is -2.72. The first kappa shape index (κ1) is 11.8. The monoisotopic (exact) mass is 138 g/mol. The molecule has 0 saturated carbocycles. The third-order valence-electron chi connectivity index (χ3n) is 0.775. The van der Waals surface area contributed by atoms with Gasteiger partial charge >= 0.3 is 35.7 Å². The smallest absolute Gasteiger partial charge is 0.245 e. The van der Waals surface area contributed by atoms with Gasteiger partial charge in [-0.3, -0.25) is 0 Å². The fourth-order valence-electron chi connectivity index (χ4n) is 0.173. The zero-order valence-electron chi connectivity index (χ0n) is 5.37. The van der Waals surface area contributed by atoms with Crippen molar-refractivity contribution in [2.45, 2.75) is 0 Å².